The Labute approximate surface area is 124 Å². The number of nitrogens with one attached hydrogen (secondary N) is 2. The summed E-state index contributed by atoms with van der Waals surface area (Å²) in [4.78, 5) is 11.3. The summed E-state index contributed by atoms with van der Waals surface area (Å²) in [5.41, 5.74) is 1.89. The lowest BCUT2D eigenvalue weighted by atomic mass is 9.87. The second kappa shape index (κ2) is 6.45. The number of hydrogen-bond donors (Lipinski definition) is 3. The standard InChI is InChI=1S/C16H22N2O3/c19-13-4-1-11(2-5-13)8-17-9-12-3-6-15-14(7-12)18-16(20)10-21-15/h3,6-7,11,13,17,19H,1-2,4-5,8-10H2,(H,18,20). The highest BCUT2D eigenvalue weighted by molar-refractivity contribution is 5.95. The summed E-state index contributed by atoms with van der Waals surface area (Å²) in [6, 6.07) is 5.89. The Balaban J connectivity index is 1.49. The van der Waals surface area contributed by atoms with Crippen LogP contribution in [0.2, 0.25) is 0 Å². The Morgan fingerprint density at radius 3 is 2.90 bits per heavy atom. The van der Waals surface area contributed by atoms with Crippen LogP contribution >= 0.6 is 0 Å². The highest BCUT2D eigenvalue weighted by Gasteiger charge is 2.19. The van der Waals surface area contributed by atoms with Gasteiger partial charge in [-0.25, -0.2) is 0 Å². The van der Waals surface area contributed by atoms with Crippen molar-refractivity contribution in [1.29, 1.82) is 0 Å². The van der Waals surface area contributed by atoms with Crippen molar-refractivity contribution < 1.29 is 14.6 Å². The minimum absolute atomic E-state index is 0.0921. The molecule has 3 N–H and O–H groups in total. The van der Waals surface area contributed by atoms with E-state index in [9.17, 15) is 9.90 Å². The molecule has 21 heavy (non-hydrogen) atoms. The lowest BCUT2D eigenvalue weighted by Gasteiger charge is -2.25. The molecule has 1 aliphatic heterocycles. The van der Waals surface area contributed by atoms with Crippen molar-refractivity contribution >= 4 is 11.6 Å². The minimum atomic E-state index is -0.103. The summed E-state index contributed by atoms with van der Waals surface area (Å²) < 4.78 is 5.34. The van der Waals surface area contributed by atoms with Gasteiger partial charge < -0.3 is 20.5 Å². The van der Waals surface area contributed by atoms with Crippen molar-refractivity contribution in [3.8, 4) is 5.75 Å². The molecule has 0 radical (unpaired) electrons. The number of amides is 1. The third kappa shape index (κ3) is 3.74. The van der Waals surface area contributed by atoms with E-state index in [4.69, 9.17) is 4.74 Å². The summed E-state index contributed by atoms with van der Waals surface area (Å²) in [6.07, 6.45) is 3.96. The molecule has 1 saturated carbocycles. The van der Waals surface area contributed by atoms with E-state index in [2.05, 4.69) is 10.6 Å². The molecule has 1 aliphatic carbocycles. The predicted molar refractivity (Wildman–Crippen MR) is 80.2 cm³/mol. The third-order valence-electron chi connectivity index (χ3n) is 4.26. The van der Waals surface area contributed by atoms with E-state index in [1.54, 1.807) is 0 Å². The van der Waals surface area contributed by atoms with Crippen LogP contribution in [0.5, 0.6) is 5.75 Å². The molecular formula is C16H22N2O3. The second-order valence-corrected chi connectivity index (χ2v) is 5.97. The number of aliphatic hydroxyl groups excluding tert-OH is 1. The predicted octanol–water partition coefficient (Wildman–Crippen LogP) is 1.66. The molecule has 1 aromatic carbocycles. The minimum Gasteiger partial charge on any atom is -0.482 e. The first kappa shape index (κ1) is 14.4. The van der Waals surface area contributed by atoms with Crippen molar-refractivity contribution in [2.45, 2.75) is 38.3 Å². The van der Waals surface area contributed by atoms with E-state index < -0.39 is 0 Å². The monoisotopic (exact) mass is 290 g/mol. The van der Waals surface area contributed by atoms with Crippen LogP contribution in [0.4, 0.5) is 5.69 Å². The number of aliphatic hydroxyl groups is 1. The van der Waals surface area contributed by atoms with Gasteiger partial charge in [0.15, 0.2) is 6.61 Å². The van der Waals surface area contributed by atoms with Gasteiger partial charge in [0.25, 0.3) is 5.91 Å². The van der Waals surface area contributed by atoms with E-state index in [1.807, 2.05) is 18.2 Å². The second-order valence-electron chi connectivity index (χ2n) is 5.97. The topological polar surface area (TPSA) is 70.6 Å². The van der Waals surface area contributed by atoms with Crippen molar-refractivity contribution in [2.75, 3.05) is 18.5 Å². The van der Waals surface area contributed by atoms with Gasteiger partial charge in [0.05, 0.1) is 11.8 Å². The summed E-state index contributed by atoms with van der Waals surface area (Å²) in [6.45, 7) is 1.85. The van der Waals surface area contributed by atoms with E-state index in [-0.39, 0.29) is 18.6 Å². The zero-order valence-electron chi connectivity index (χ0n) is 12.1. The van der Waals surface area contributed by atoms with E-state index >= 15 is 0 Å². The number of ether oxygens (including phenoxy) is 1. The van der Waals surface area contributed by atoms with Crippen LogP contribution in [0.25, 0.3) is 0 Å². The third-order valence-corrected chi connectivity index (χ3v) is 4.26. The molecule has 1 amide bonds. The van der Waals surface area contributed by atoms with Crippen LogP contribution < -0.4 is 15.4 Å². The molecule has 5 nitrogen and oxygen atoms in total. The summed E-state index contributed by atoms with van der Waals surface area (Å²) in [5.74, 6) is 1.29. The molecule has 0 saturated heterocycles. The van der Waals surface area contributed by atoms with Crippen LogP contribution in [-0.2, 0) is 11.3 Å². The number of benzene rings is 1. The van der Waals surface area contributed by atoms with E-state index in [1.165, 1.54) is 0 Å². The molecule has 2 aliphatic rings. The maximum atomic E-state index is 11.3. The van der Waals surface area contributed by atoms with Crippen molar-refractivity contribution in [2.24, 2.45) is 5.92 Å². The fourth-order valence-electron chi connectivity index (χ4n) is 3.01. The van der Waals surface area contributed by atoms with Crippen LogP contribution in [0, 0.1) is 5.92 Å². The highest BCUT2D eigenvalue weighted by atomic mass is 16.5. The average molecular weight is 290 g/mol. The average Bonchev–Trinajstić information content (AvgIpc) is 2.49. The van der Waals surface area contributed by atoms with Gasteiger partial charge in [0.2, 0.25) is 0 Å². The Morgan fingerprint density at radius 1 is 1.29 bits per heavy atom. The molecule has 1 fully saturated rings. The van der Waals surface area contributed by atoms with Crippen molar-refractivity contribution in [3.05, 3.63) is 23.8 Å². The SMILES string of the molecule is O=C1COc2ccc(CNCC3CCC(O)CC3)cc2N1. The first-order valence-electron chi connectivity index (χ1n) is 7.65. The summed E-state index contributed by atoms with van der Waals surface area (Å²) in [5, 5.41) is 15.8. The molecule has 0 unspecified atom stereocenters. The lowest BCUT2D eigenvalue weighted by molar-refractivity contribution is -0.118. The Bertz CT molecular complexity index is 510. The number of hydrogen-bond acceptors (Lipinski definition) is 4. The Morgan fingerprint density at radius 2 is 2.10 bits per heavy atom. The zero-order chi connectivity index (χ0) is 14.7. The van der Waals surface area contributed by atoms with Crippen LogP contribution in [0.15, 0.2) is 18.2 Å². The zero-order valence-corrected chi connectivity index (χ0v) is 12.1. The first-order chi connectivity index (χ1) is 10.2. The van der Waals surface area contributed by atoms with Gasteiger partial charge in [-0.05, 0) is 55.8 Å². The van der Waals surface area contributed by atoms with Gasteiger partial charge in [-0.2, -0.15) is 0 Å². The number of rotatable bonds is 4. The van der Waals surface area contributed by atoms with Crippen LogP contribution in [0.1, 0.15) is 31.2 Å². The van der Waals surface area contributed by atoms with Gasteiger partial charge in [-0.3, -0.25) is 4.79 Å². The molecule has 0 spiro atoms. The van der Waals surface area contributed by atoms with Crippen molar-refractivity contribution in [3.63, 3.8) is 0 Å². The molecule has 1 heterocycles. The smallest absolute Gasteiger partial charge is 0.262 e. The summed E-state index contributed by atoms with van der Waals surface area (Å²) in [7, 11) is 0. The maximum absolute atomic E-state index is 11.3. The van der Waals surface area contributed by atoms with Gasteiger partial charge in [0, 0.05) is 6.54 Å². The van der Waals surface area contributed by atoms with Crippen molar-refractivity contribution in [1.82, 2.24) is 5.32 Å². The first-order valence-corrected chi connectivity index (χ1v) is 7.65. The highest BCUT2D eigenvalue weighted by Crippen LogP contribution is 2.28. The lowest BCUT2D eigenvalue weighted by Crippen LogP contribution is -2.28. The number of fused-ring (bicyclic) bond motifs is 1. The molecule has 0 aromatic heterocycles. The molecule has 0 atom stereocenters. The quantitative estimate of drug-likeness (QED) is 0.788. The molecule has 114 valence electrons. The summed E-state index contributed by atoms with van der Waals surface area (Å²) >= 11 is 0. The van der Waals surface area contributed by atoms with E-state index in [0.29, 0.717) is 5.92 Å². The van der Waals surface area contributed by atoms with Gasteiger partial charge >= 0.3 is 0 Å². The van der Waals surface area contributed by atoms with E-state index in [0.717, 1.165) is 55.8 Å². The Kier molecular flexibility index (Phi) is 4.41. The fourth-order valence-corrected chi connectivity index (χ4v) is 3.01. The largest absolute Gasteiger partial charge is 0.482 e. The number of carbonyl (C=O) groups is 1. The molecule has 0 bridgehead atoms. The molecule has 5 heteroatoms. The molecular weight excluding hydrogens is 268 g/mol. The fraction of sp³-hybridized carbons (Fsp3) is 0.562. The van der Waals surface area contributed by atoms with Gasteiger partial charge in [-0.15, -0.1) is 0 Å². The normalized spacial score (nSPS) is 24.9. The van der Waals surface area contributed by atoms with Crippen LogP contribution in [-0.4, -0.2) is 30.3 Å². The maximum Gasteiger partial charge on any atom is 0.262 e. The number of anilines is 1. The Hall–Kier alpha value is -1.59. The molecule has 3 rings (SSSR count). The van der Waals surface area contributed by atoms with Gasteiger partial charge in [-0.1, -0.05) is 6.07 Å². The van der Waals surface area contributed by atoms with Gasteiger partial charge in [0.1, 0.15) is 5.75 Å². The molecule has 1 aromatic rings. The number of carbonyl (C=O) groups excluding carboxylic acids is 1. The van der Waals surface area contributed by atoms with Crippen LogP contribution in [0.3, 0.4) is 0 Å².